The third kappa shape index (κ3) is 3.70. The van der Waals surface area contributed by atoms with Gasteiger partial charge in [0.15, 0.2) is 0 Å². The molecule has 1 unspecified atom stereocenters. The lowest BCUT2D eigenvalue weighted by atomic mass is 9.93. The molecule has 3 heterocycles. The van der Waals surface area contributed by atoms with Gasteiger partial charge in [0.2, 0.25) is 11.8 Å². The Hall–Kier alpha value is -3.14. The number of anilines is 1. The number of hydrogen-bond acceptors (Lipinski definition) is 6. The summed E-state index contributed by atoms with van der Waals surface area (Å²) in [6, 6.07) is 5.80. The Morgan fingerprint density at radius 2 is 2.13 bits per heavy atom. The number of nitrogens with zero attached hydrogens (tertiary/aromatic N) is 3. The van der Waals surface area contributed by atoms with E-state index in [1.54, 1.807) is 11.8 Å². The lowest BCUT2D eigenvalue weighted by molar-refractivity contribution is -0.134. The van der Waals surface area contributed by atoms with Crippen LogP contribution in [0.2, 0.25) is 0 Å². The fourth-order valence-electron chi connectivity index (χ4n) is 4.30. The smallest absolute Gasteiger partial charge is 0.407 e. The number of nitrogens with one attached hydrogen (secondary N) is 2. The summed E-state index contributed by atoms with van der Waals surface area (Å²) >= 11 is 0. The second-order valence-corrected chi connectivity index (χ2v) is 7.79. The van der Waals surface area contributed by atoms with E-state index < -0.39 is 12.0 Å². The van der Waals surface area contributed by atoms with Crippen molar-refractivity contribution in [1.82, 2.24) is 20.0 Å². The van der Waals surface area contributed by atoms with Crippen molar-refractivity contribution in [3.63, 3.8) is 0 Å². The second-order valence-electron chi connectivity index (χ2n) is 7.79. The zero-order valence-corrected chi connectivity index (χ0v) is 16.9. The summed E-state index contributed by atoms with van der Waals surface area (Å²) in [5.41, 5.74) is 2.42. The summed E-state index contributed by atoms with van der Waals surface area (Å²) in [5, 5.41) is 20.5. The Morgan fingerprint density at radius 3 is 2.83 bits per heavy atom. The van der Waals surface area contributed by atoms with Crippen LogP contribution < -0.4 is 10.6 Å². The number of imide groups is 1. The zero-order valence-electron chi connectivity index (χ0n) is 16.9. The van der Waals surface area contributed by atoms with Crippen LogP contribution in [-0.2, 0) is 21.4 Å². The van der Waals surface area contributed by atoms with Gasteiger partial charge in [-0.25, -0.2) is 4.79 Å². The number of benzene rings is 1. The molecule has 2 aliphatic rings. The number of aryl methyl sites for hydroxylation is 1. The summed E-state index contributed by atoms with van der Waals surface area (Å²) in [7, 11) is 3.41. The Morgan fingerprint density at radius 1 is 1.33 bits per heavy atom. The second kappa shape index (κ2) is 7.94. The van der Waals surface area contributed by atoms with Crippen molar-refractivity contribution in [2.45, 2.75) is 37.3 Å². The Kier molecular flexibility index (Phi) is 5.33. The van der Waals surface area contributed by atoms with Gasteiger partial charge < -0.3 is 20.1 Å². The molecule has 4 rings (SSSR count). The first-order valence-corrected chi connectivity index (χ1v) is 9.95. The van der Waals surface area contributed by atoms with Crippen LogP contribution in [0, 0.1) is 0 Å². The monoisotopic (exact) mass is 415 g/mol. The molecule has 0 aliphatic carbocycles. The minimum Gasteiger partial charge on any atom is -0.465 e. The van der Waals surface area contributed by atoms with Gasteiger partial charge in [0.05, 0.1) is 35.8 Å². The first-order valence-electron chi connectivity index (χ1n) is 9.95. The van der Waals surface area contributed by atoms with Crippen molar-refractivity contribution < 1.29 is 24.2 Å². The van der Waals surface area contributed by atoms with Crippen LogP contribution in [0.5, 0.6) is 0 Å². The summed E-state index contributed by atoms with van der Waals surface area (Å²) in [4.78, 5) is 36.3. The fourth-order valence-corrected chi connectivity index (χ4v) is 4.30. The number of carboxylic acid groups (broad SMARTS) is 1. The molecule has 10 nitrogen and oxygen atoms in total. The van der Waals surface area contributed by atoms with Gasteiger partial charge in [0.1, 0.15) is 0 Å². The highest BCUT2D eigenvalue weighted by atomic mass is 16.5. The number of ether oxygens (including phenoxy) is 1. The van der Waals surface area contributed by atoms with Gasteiger partial charge in [0, 0.05) is 38.2 Å². The van der Waals surface area contributed by atoms with E-state index in [0.29, 0.717) is 38.0 Å². The third-order valence-corrected chi connectivity index (χ3v) is 5.93. The van der Waals surface area contributed by atoms with Gasteiger partial charge in [0.25, 0.3) is 0 Å². The predicted molar refractivity (Wildman–Crippen MR) is 108 cm³/mol. The average molecular weight is 415 g/mol. The molecular weight excluding hydrogens is 390 g/mol. The van der Waals surface area contributed by atoms with Gasteiger partial charge in [-0.15, -0.1) is 0 Å². The molecule has 3 N–H and O–H groups in total. The number of carbonyl (C=O) groups excluding carboxylic acids is 2. The molecule has 0 radical (unpaired) electrons. The highest BCUT2D eigenvalue weighted by Gasteiger charge is 2.33. The van der Waals surface area contributed by atoms with E-state index in [1.165, 1.54) is 4.90 Å². The van der Waals surface area contributed by atoms with E-state index in [-0.39, 0.29) is 24.0 Å². The Balaban J connectivity index is 1.56. The van der Waals surface area contributed by atoms with E-state index in [1.807, 2.05) is 25.2 Å². The lowest BCUT2D eigenvalue weighted by Crippen LogP contribution is -2.52. The normalized spacial score (nSPS) is 24.7. The van der Waals surface area contributed by atoms with Gasteiger partial charge in [-0.3, -0.25) is 19.6 Å². The van der Waals surface area contributed by atoms with Crippen molar-refractivity contribution in [2.24, 2.45) is 7.05 Å². The maximum Gasteiger partial charge on any atom is 0.407 e. The molecule has 0 spiro atoms. The van der Waals surface area contributed by atoms with Crippen LogP contribution in [-0.4, -0.2) is 70.0 Å². The van der Waals surface area contributed by atoms with Gasteiger partial charge >= 0.3 is 6.09 Å². The maximum absolute atomic E-state index is 12.3. The molecule has 2 aliphatic heterocycles. The van der Waals surface area contributed by atoms with Crippen molar-refractivity contribution >= 4 is 34.5 Å². The van der Waals surface area contributed by atoms with Crippen molar-refractivity contribution in [3.05, 3.63) is 23.9 Å². The molecule has 3 atom stereocenters. The molecule has 0 saturated carbocycles. The van der Waals surface area contributed by atoms with Crippen molar-refractivity contribution in [2.75, 3.05) is 25.5 Å². The molecule has 1 aromatic carbocycles. The molecule has 3 amide bonds. The molecule has 2 saturated heterocycles. The van der Waals surface area contributed by atoms with Gasteiger partial charge in [-0.05, 0) is 31.0 Å². The summed E-state index contributed by atoms with van der Waals surface area (Å²) in [6.45, 7) is 0.761. The predicted octanol–water partition coefficient (Wildman–Crippen LogP) is 1.27. The van der Waals surface area contributed by atoms with Gasteiger partial charge in [-0.1, -0.05) is 0 Å². The van der Waals surface area contributed by atoms with Crippen LogP contribution in [0.3, 0.4) is 0 Å². The van der Waals surface area contributed by atoms with E-state index >= 15 is 0 Å². The Labute approximate surface area is 173 Å². The van der Waals surface area contributed by atoms with Crippen LogP contribution in [0.4, 0.5) is 10.5 Å². The number of likely N-dealkylation sites (tertiary alicyclic amines) is 1. The number of hydrogen-bond donors (Lipinski definition) is 3. The molecule has 10 heteroatoms. The molecule has 2 fully saturated rings. The van der Waals surface area contributed by atoms with E-state index in [9.17, 15) is 19.5 Å². The largest absolute Gasteiger partial charge is 0.465 e. The van der Waals surface area contributed by atoms with Crippen molar-refractivity contribution in [1.29, 1.82) is 0 Å². The number of methoxy groups -OCH3 is 1. The first kappa shape index (κ1) is 20.1. The molecule has 1 aromatic heterocycles. The highest BCUT2D eigenvalue weighted by Crippen LogP contribution is 2.32. The maximum atomic E-state index is 12.3. The third-order valence-electron chi connectivity index (χ3n) is 5.93. The zero-order chi connectivity index (χ0) is 21.4. The summed E-state index contributed by atoms with van der Waals surface area (Å²) in [6.07, 6.45) is 0.204. The average Bonchev–Trinajstić information content (AvgIpc) is 3.04. The summed E-state index contributed by atoms with van der Waals surface area (Å²) < 4.78 is 7.25. The van der Waals surface area contributed by atoms with Gasteiger partial charge in [-0.2, -0.15) is 5.10 Å². The summed E-state index contributed by atoms with van der Waals surface area (Å²) in [5.74, 6) is -0.991. The number of rotatable bonds is 4. The quantitative estimate of drug-likeness (QED) is 0.642. The van der Waals surface area contributed by atoms with E-state index in [0.717, 1.165) is 16.6 Å². The van der Waals surface area contributed by atoms with Crippen molar-refractivity contribution in [3.8, 4) is 0 Å². The molecular formula is C20H25N5O5. The first-order chi connectivity index (χ1) is 14.4. The number of aromatic nitrogens is 2. The molecule has 0 bridgehead atoms. The molecule has 2 aromatic rings. The standard InChI is InChI=1S/C20H25N5O5/c1-24-15-9-11(21-14-7-8-25(20(28)29)10-16(14)30-2)3-4-12(15)18(23-24)13-5-6-17(26)22-19(13)27/h3-4,9,13-14,16,21H,5-8,10H2,1-2H3,(H,28,29)(H,22,26,27)/t13?,14-,16-/m1/s1. The number of piperidine rings is 2. The van der Waals surface area contributed by atoms with Crippen LogP contribution in [0.1, 0.15) is 30.9 Å². The Bertz CT molecular complexity index is 1000. The van der Waals surface area contributed by atoms with Crippen LogP contribution in [0.15, 0.2) is 18.2 Å². The minimum atomic E-state index is -0.937. The SMILES string of the molecule is CO[C@@H]1CN(C(=O)O)CC[C@H]1Nc1ccc2c(C3CCC(=O)NC3=O)nn(C)c2c1. The minimum absolute atomic E-state index is 0.0223. The number of amides is 3. The van der Waals surface area contributed by atoms with Crippen LogP contribution in [0.25, 0.3) is 10.9 Å². The van der Waals surface area contributed by atoms with E-state index in [2.05, 4.69) is 15.7 Å². The molecule has 30 heavy (non-hydrogen) atoms. The molecule has 160 valence electrons. The number of carbonyl (C=O) groups is 3. The van der Waals surface area contributed by atoms with Crippen LogP contribution >= 0.6 is 0 Å². The van der Waals surface area contributed by atoms with E-state index in [4.69, 9.17) is 4.74 Å². The lowest BCUT2D eigenvalue weighted by Gasteiger charge is -2.37. The topological polar surface area (TPSA) is 126 Å². The fraction of sp³-hybridized carbons (Fsp3) is 0.500. The number of fused-ring (bicyclic) bond motifs is 1. The highest BCUT2D eigenvalue weighted by molar-refractivity contribution is 6.02.